The van der Waals surface area contributed by atoms with Crippen molar-refractivity contribution in [3.8, 4) is 6.07 Å². The van der Waals surface area contributed by atoms with Gasteiger partial charge in [-0.2, -0.15) is 5.26 Å². The van der Waals surface area contributed by atoms with Crippen LogP contribution in [0.25, 0.3) is 0 Å². The second-order valence-electron chi connectivity index (χ2n) is 6.99. The Morgan fingerprint density at radius 3 is 2.30 bits per heavy atom. The second kappa shape index (κ2) is 9.63. The third-order valence-corrected chi connectivity index (χ3v) is 6.95. The summed E-state index contributed by atoms with van der Waals surface area (Å²) in [6, 6.07) is 23.0. The Kier molecular flexibility index (Phi) is 7.17. The van der Waals surface area contributed by atoms with Gasteiger partial charge in [0.15, 0.2) is 0 Å². The van der Waals surface area contributed by atoms with E-state index < -0.39 is 10.0 Å². The molecular weight excluding hydrogens is 439 g/mol. The van der Waals surface area contributed by atoms with Gasteiger partial charge in [0.25, 0.3) is 0 Å². The average molecular weight is 459 g/mol. The molecule has 7 heteroatoms. The first-order chi connectivity index (χ1) is 14.3. The van der Waals surface area contributed by atoms with E-state index in [0.29, 0.717) is 15.6 Å². The van der Waals surface area contributed by atoms with Gasteiger partial charge < -0.3 is 0 Å². The van der Waals surface area contributed by atoms with Gasteiger partial charge in [0.1, 0.15) is 0 Å². The fourth-order valence-corrected chi connectivity index (χ4v) is 4.82. The lowest BCUT2D eigenvalue weighted by Crippen LogP contribution is -2.30. The summed E-state index contributed by atoms with van der Waals surface area (Å²) in [6.45, 7) is 2.19. The summed E-state index contributed by atoms with van der Waals surface area (Å²) in [5.41, 5.74) is 2.43. The number of halogens is 2. The summed E-state index contributed by atoms with van der Waals surface area (Å²) >= 11 is 12.0. The molecule has 0 heterocycles. The number of benzene rings is 3. The molecule has 0 fully saturated rings. The van der Waals surface area contributed by atoms with Crippen LogP contribution in [0.2, 0.25) is 10.0 Å². The molecule has 0 saturated heterocycles. The Bertz CT molecular complexity index is 1170. The summed E-state index contributed by atoms with van der Waals surface area (Å²) in [7, 11) is -3.74. The molecule has 0 aromatic heterocycles. The average Bonchev–Trinajstić information content (AvgIpc) is 2.74. The summed E-state index contributed by atoms with van der Waals surface area (Å²) in [6.07, 6.45) is 0. The van der Waals surface area contributed by atoms with Crippen molar-refractivity contribution in [3.05, 3.63) is 99.5 Å². The molecule has 2 unspecified atom stereocenters. The molecule has 0 aliphatic carbocycles. The second-order valence-corrected chi connectivity index (χ2v) is 9.63. The lowest BCUT2D eigenvalue weighted by atomic mass is 9.82. The van der Waals surface area contributed by atoms with E-state index in [4.69, 9.17) is 23.2 Å². The summed E-state index contributed by atoms with van der Waals surface area (Å²) in [4.78, 5) is 0.110. The summed E-state index contributed by atoms with van der Waals surface area (Å²) in [5, 5.41) is 10.3. The van der Waals surface area contributed by atoms with Crippen molar-refractivity contribution >= 4 is 33.2 Å². The molecule has 0 saturated carbocycles. The van der Waals surface area contributed by atoms with E-state index in [0.717, 1.165) is 11.1 Å². The van der Waals surface area contributed by atoms with Crippen LogP contribution in [0.15, 0.2) is 77.7 Å². The van der Waals surface area contributed by atoms with Gasteiger partial charge in [0.2, 0.25) is 10.0 Å². The zero-order valence-electron chi connectivity index (χ0n) is 16.2. The van der Waals surface area contributed by atoms with Gasteiger partial charge in [-0.1, -0.05) is 60.5 Å². The predicted octanol–water partition coefficient (Wildman–Crippen LogP) is 5.73. The van der Waals surface area contributed by atoms with Crippen LogP contribution in [0.5, 0.6) is 0 Å². The minimum absolute atomic E-state index is 0.0294. The van der Waals surface area contributed by atoms with Crippen molar-refractivity contribution in [2.45, 2.75) is 23.7 Å². The fraction of sp³-hybridized carbons (Fsp3) is 0.174. The number of hydrogen-bond acceptors (Lipinski definition) is 3. The van der Waals surface area contributed by atoms with Gasteiger partial charge >= 0.3 is 0 Å². The molecule has 3 rings (SSSR count). The van der Waals surface area contributed by atoms with Crippen molar-refractivity contribution < 1.29 is 8.42 Å². The molecule has 0 spiro atoms. The van der Waals surface area contributed by atoms with Crippen LogP contribution in [-0.4, -0.2) is 15.0 Å². The van der Waals surface area contributed by atoms with Crippen LogP contribution in [-0.2, 0) is 10.0 Å². The van der Waals surface area contributed by atoms with Gasteiger partial charge in [-0.3, -0.25) is 0 Å². The Morgan fingerprint density at radius 1 is 0.933 bits per heavy atom. The molecule has 0 amide bonds. The largest absolute Gasteiger partial charge is 0.240 e. The van der Waals surface area contributed by atoms with Gasteiger partial charge in [-0.15, -0.1) is 0 Å². The normalized spacial score (nSPS) is 13.4. The van der Waals surface area contributed by atoms with E-state index >= 15 is 0 Å². The maximum atomic E-state index is 12.8. The van der Waals surface area contributed by atoms with E-state index in [-0.39, 0.29) is 23.3 Å². The van der Waals surface area contributed by atoms with Crippen molar-refractivity contribution in [1.82, 2.24) is 4.72 Å². The number of sulfonamides is 1. The van der Waals surface area contributed by atoms with Gasteiger partial charge in [-0.25, -0.2) is 13.1 Å². The summed E-state index contributed by atoms with van der Waals surface area (Å²) in [5.74, 6) is -0.230. The first-order valence-corrected chi connectivity index (χ1v) is 11.5. The maximum Gasteiger partial charge on any atom is 0.240 e. The zero-order valence-corrected chi connectivity index (χ0v) is 18.5. The van der Waals surface area contributed by atoms with Gasteiger partial charge in [-0.05, 0) is 59.5 Å². The highest BCUT2D eigenvalue weighted by molar-refractivity contribution is 7.89. The SMILES string of the molecule is CC(c1ccc(Cl)cc1)C(CNS(=O)(=O)c1cccc(Cl)c1)c1cccc(C#N)c1. The maximum absolute atomic E-state index is 12.8. The minimum Gasteiger partial charge on any atom is -0.211 e. The highest BCUT2D eigenvalue weighted by Crippen LogP contribution is 2.33. The van der Waals surface area contributed by atoms with Crippen LogP contribution >= 0.6 is 23.2 Å². The molecule has 0 aliphatic rings. The number of rotatable bonds is 7. The van der Waals surface area contributed by atoms with Crippen LogP contribution in [0, 0.1) is 11.3 Å². The topological polar surface area (TPSA) is 70.0 Å². The summed E-state index contributed by atoms with van der Waals surface area (Å²) < 4.78 is 28.3. The molecule has 0 bridgehead atoms. The van der Waals surface area contributed by atoms with Gasteiger partial charge in [0, 0.05) is 22.5 Å². The third-order valence-electron chi connectivity index (χ3n) is 5.04. The zero-order chi connectivity index (χ0) is 21.7. The third kappa shape index (κ3) is 5.41. The van der Waals surface area contributed by atoms with E-state index in [1.807, 2.05) is 37.3 Å². The fourth-order valence-electron chi connectivity index (χ4n) is 3.34. The van der Waals surface area contributed by atoms with Gasteiger partial charge in [0.05, 0.1) is 16.5 Å². The number of hydrogen-bond donors (Lipinski definition) is 1. The number of nitrogens with one attached hydrogen (secondary N) is 1. The molecule has 0 radical (unpaired) electrons. The van der Waals surface area contributed by atoms with Crippen molar-refractivity contribution in [1.29, 1.82) is 5.26 Å². The number of nitrogens with zero attached hydrogens (tertiary/aromatic N) is 1. The van der Waals surface area contributed by atoms with E-state index in [1.54, 1.807) is 30.3 Å². The molecule has 1 N–H and O–H groups in total. The Labute approximate surface area is 187 Å². The first kappa shape index (κ1) is 22.3. The predicted molar refractivity (Wildman–Crippen MR) is 120 cm³/mol. The highest BCUT2D eigenvalue weighted by Gasteiger charge is 2.24. The van der Waals surface area contributed by atoms with Crippen molar-refractivity contribution in [2.75, 3.05) is 6.54 Å². The Morgan fingerprint density at radius 2 is 1.63 bits per heavy atom. The molecule has 4 nitrogen and oxygen atoms in total. The van der Waals surface area contributed by atoms with E-state index in [2.05, 4.69) is 10.8 Å². The number of nitriles is 1. The van der Waals surface area contributed by atoms with E-state index in [9.17, 15) is 13.7 Å². The quantitative estimate of drug-likeness (QED) is 0.491. The first-order valence-electron chi connectivity index (χ1n) is 9.31. The molecule has 2 atom stereocenters. The lowest BCUT2D eigenvalue weighted by Gasteiger charge is -2.25. The molecule has 0 aliphatic heterocycles. The molecule has 3 aromatic carbocycles. The van der Waals surface area contributed by atoms with Crippen LogP contribution < -0.4 is 4.72 Å². The highest BCUT2D eigenvalue weighted by atomic mass is 35.5. The smallest absolute Gasteiger partial charge is 0.211 e. The van der Waals surface area contributed by atoms with E-state index in [1.165, 1.54) is 12.1 Å². The van der Waals surface area contributed by atoms with Crippen LogP contribution in [0.3, 0.4) is 0 Å². The van der Waals surface area contributed by atoms with Crippen molar-refractivity contribution in [2.24, 2.45) is 0 Å². The van der Waals surface area contributed by atoms with Crippen LogP contribution in [0.4, 0.5) is 0 Å². The molecule has 3 aromatic rings. The Hall–Kier alpha value is -2.36. The molecule has 154 valence electrons. The molecule has 30 heavy (non-hydrogen) atoms. The lowest BCUT2D eigenvalue weighted by molar-refractivity contribution is 0.539. The minimum atomic E-state index is -3.74. The monoisotopic (exact) mass is 458 g/mol. The van der Waals surface area contributed by atoms with Crippen LogP contribution in [0.1, 0.15) is 35.4 Å². The Balaban J connectivity index is 1.93. The standard InChI is InChI=1S/C23H20Cl2N2O2S/c1-16(18-8-10-20(24)11-9-18)23(19-5-2-4-17(12-19)14-26)15-27-30(28,29)22-7-3-6-21(25)13-22/h2-13,16,23,27H,15H2,1H3. The molecular formula is C23H20Cl2N2O2S. The van der Waals surface area contributed by atoms with Crippen molar-refractivity contribution in [3.63, 3.8) is 0 Å².